The van der Waals surface area contributed by atoms with Gasteiger partial charge in [-0.3, -0.25) is 0 Å². The molecular formula is C18H18N2O2. The van der Waals surface area contributed by atoms with Crippen molar-refractivity contribution in [2.45, 2.75) is 25.0 Å². The molecular weight excluding hydrogens is 276 g/mol. The summed E-state index contributed by atoms with van der Waals surface area (Å²) in [5, 5.41) is 2.44. The summed E-state index contributed by atoms with van der Waals surface area (Å²) in [5.41, 5.74) is 0.707. The predicted octanol–water partition coefficient (Wildman–Crippen LogP) is 3.67. The summed E-state index contributed by atoms with van der Waals surface area (Å²) in [7, 11) is 0. The van der Waals surface area contributed by atoms with Crippen LogP contribution in [-0.2, 0) is 21.9 Å². The van der Waals surface area contributed by atoms with E-state index in [9.17, 15) is 0 Å². The molecule has 0 amide bonds. The van der Waals surface area contributed by atoms with Gasteiger partial charge in [-0.2, -0.15) is 0 Å². The Morgan fingerprint density at radius 2 is 2.05 bits per heavy atom. The lowest BCUT2D eigenvalue weighted by atomic mass is 9.85. The molecule has 0 spiro atoms. The second kappa shape index (κ2) is 5.55. The summed E-state index contributed by atoms with van der Waals surface area (Å²) in [6.07, 6.45) is 7.49. The summed E-state index contributed by atoms with van der Waals surface area (Å²) < 4.78 is 2.05. The van der Waals surface area contributed by atoms with Crippen LogP contribution in [0.25, 0.3) is 10.8 Å². The van der Waals surface area contributed by atoms with Crippen molar-refractivity contribution < 1.29 is 9.78 Å². The Kier molecular flexibility index (Phi) is 3.41. The van der Waals surface area contributed by atoms with Crippen LogP contribution in [0.5, 0.6) is 0 Å². The van der Waals surface area contributed by atoms with E-state index in [1.807, 2.05) is 12.5 Å². The summed E-state index contributed by atoms with van der Waals surface area (Å²) >= 11 is 0. The van der Waals surface area contributed by atoms with Crippen LogP contribution in [0.1, 0.15) is 18.4 Å². The van der Waals surface area contributed by atoms with E-state index in [1.54, 1.807) is 6.20 Å². The van der Waals surface area contributed by atoms with E-state index in [0.29, 0.717) is 13.2 Å². The highest BCUT2D eigenvalue weighted by atomic mass is 17.2. The van der Waals surface area contributed by atoms with Crippen molar-refractivity contribution in [3.63, 3.8) is 0 Å². The third-order valence-electron chi connectivity index (χ3n) is 4.30. The molecule has 2 heterocycles. The number of hydrogen-bond donors (Lipinski definition) is 0. The van der Waals surface area contributed by atoms with Gasteiger partial charge in [0.1, 0.15) is 5.60 Å². The number of aromatic nitrogens is 2. The summed E-state index contributed by atoms with van der Waals surface area (Å²) in [5.74, 6) is 0. The van der Waals surface area contributed by atoms with E-state index in [1.165, 1.54) is 16.3 Å². The lowest BCUT2D eigenvalue weighted by molar-refractivity contribution is -0.392. The van der Waals surface area contributed by atoms with E-state index < -0.39 is 5.60 Å². The highest BCUT2D eigenvalue weighted by Gasteiger charge is 2.38. The average molecular weight is 294 g/mol. The first kappa shape index (κ1) is 13.5. The molecule has 1 aliphatic rings. The van der Waals surface area contributed by atoms with E-state index in [0.717, 1.165) is 12.8 Å². The molecule has 0 aliphatic carbocycles. The zero-order valence-corrected chi connectivity index (χ0v) is 12.3. The van der Waals surface area contributed by atoms with E-state index in [2.05, 4.69) is 52.0 Å². The quantitative estimate of drug-likeness (QED) is 0.691. The Labute approximate surface area is 129 Å². The van der Waals surface area contributed by atoms with Gasteiger partial charge in [-0.25, -0.2) is 14.8 Å². The summed E-state index contributed by atoms with van der Waals surface area (Å²) in [6.45, 7) is 1.34. The molecule has 4 rings (SSSR count). The third kappa shape index (κ3) is 2.30. The van der Waals surface area contributed by atoms with Crippen LogP contribution in [-0.4, -0.2) is 16.2 Å². The third-order valence-corrected chi connectivity index (χ3v) is 4.30. The maximum Gasteiger partial charge on any atom is 0.147 e. The van der Waals surface area contributed by atoms with Gasteiger partial charge >= 0.3 is 0 Å². The molecule has 1 atom stereocenters. The molecule has 4 nitrogen and oxygen atoms in total. The van der Waals surface area contributed by atoms with E-state index in [-0.39, 0.29) is 0 Å². The average Bonchev–Trinajstić information content (AvgIpc) is 3.08. The van der Waals surface area contributed by atoms with Gasteiger partial charge in [0, 0.05) is 12.4 Å². The molecule has 1 aliphatic heterocycles. The van der Waals surface area contributed by atoms with Crippen LogP contribution in [0.2, 0.25) is 0 Å². The number of fused-ring (bicyclic) bond motifs is 1. The Balaban J connectivity index is 1.85. The number of imidazole rings is 1. The minimum atomic E-state index is -0.472. The lowest BCUT2D eigenvalue weighted by Crippen LogP contribution is -2.38. The Morgan fingerprint density at radius 1 is 1.14 bits per heavy atom. The fourth-order valence-corrected chi connectivity index (χ4v) is 3.28. The highest BCUT2D eigenvalue weighted by molar-refractivity contribution is 5.86. The summed E-state index contributed by atoms with van der Waals surface area (Å²) in [4.78, 5) is 15.4. The Bertz CT molecular complexity index is 756. The second-order valence-corrected chi connectivity index (χ2v) is 5.76. The van der Waals surface area contributed by atoms with Crippen molar-refractivity contribution >= 4 is 10.8 Å². The van der Waals surface area contributed by atoms with Gasteiger partial charge in [-0.1, -0.05) is 42.5 Å². The van der Waals surface area contributed by atoms with E-state index in [4.69, 9.17) is 9.78 Å². The largest absolute Gasteiger partial charge is 0.334 e. The van der Waals surface area contributed by atoms with Crippen molar-refractivity contribution in [3.05, 3.63) is 66.7 Å². The SMILES string of the molecule is c1ccc2c(C3(Cn4ccnc4)CCCOO3)cccc2c1. The Morgan fingerprint density at radius 3 is 2.86 bits per heavy atom. The molecule has 0 saturated carbocycles. The first-order chi connectivity index (χ1) is 10.9. The van der Waals surface area contributed by atoms with Crippen LogP contribution in [0, 0.1) is 0 Å². The second-order valence-electron chi connectivity index (χ2n) is 5.76. The van der Waals surface area contributed by atoms with Crippen molar-refractivity contribution in [2.75, 3.05) is 6.61 Å². The molecule has 2 aromatic carbocycles. The number of rotatable bonds is 3. The normalized spacial score (nSPS) is 22.0. The van der Waals surface area contributed by atoms with Crippen LogP contribution in [0.4, 0.5) is 0 Å². The topological polar surface area (TPSA) is 36.3 Å². The van der Waals surface area contributed by atoms with Crippen LogP contribution < -0.4 is 0 Å². The zero-order chi connectivity index (χ0) is 14.8. The monoisotopic (exact) mass is 294 g/mol. The van der Waals surface area contributed by atoms with Gasteiger partial charge in [0.05, 0.1) is 19.5 Å². The highest BCUT2D eigenvalue weighted by Crippen LogP contribution is 2.39. The zero-order valence-electron chi connectivity index (χ0n) is 12.3. The number of benzene rings is 2. The van der Waals surface area contributed by atoms with Crippen molar-refractivity contribution in [1.82, 2.24) is 9.55 Å². The fraction of sp³-hybridized carbons (Fsp3) is 0.278. The number of nitrogens with zero attached hydrogens (tertiary/aromatic N) is 2. The minimum absolute atomic E-state index is 0.472. The molecule has 0 radical (unpaired) electrons. The van der Waals surface area contributed by atoms with Gasteiger partial charge < -0.3 is 4.57 Å². The lowest BCUT2D eigenvalue weighted by Gasteiger charge is -2.37. The molecule has 22 heavy (non-hydrogen) atoms. The molecule has 1 saturated heterocycles. The van der Waals surface area contributed by atoms with Gasteiger partial charge in [0.2, 0.25) is 0 Å². The molecule has 0 bridgehead atoms. The molecule has 1 fully saturated rings. The predicted molar refractivity (Wildman–Crippen MR) is 84.1 cm³/mol. The standard InChI is InChI=1S/C18H18N2O2/c1-2-7-16-15(5-1)6-3-8-17(16)18(9-4-12-21-22-18)13-20-11-10-19-14-20/h1-3,5-8,10-11,14H,4,9,12-13H2. The maximum atomic E-state index is 5.88. The fourth-order valence-electron chi connectivity index (χ4n) is 3.28. The first-order valence-electron chi connectivity index (χ1n) is 7.62. The van der Waals surface area contributed by atoms with Gasteiger partial charge in [-0.05, 0) is 29.2 Å². The maximum absolute atomic E-state index is 5.88. The van der Waals surface area contributed by atoms with Crippen LogP contribution in [0.3, 0.4) is 0 Å². The molecule has 1 unspecified atom stereocenters. The van der Waals surface area contributed by atoms with Gasteiger partial charge in [0.25, 0.3) is 0 Å². The molecule has 0 N–H and O–H groups in total. The van der Waals surface area contributed by atoms with Crippen molar-refractivity contribution in [2.24, 2.45) is 0 Å². The molecule has 1 aromatic heterocycles. The van der Waals surface area contributed by atoms with Crippen LogP contribution >= 0.6 is 0 Å². The molecule has 3 aromatic rings. The Hall–Kier alpha value is -2.17. The van der Waals surface area contributed by atoms with E-state index >= 15 is 0 Å². The smallest absolute Gasteiger partial charge is 0.147 e. The van der Waals surface area contributed by atoms with Crippen LogP contribution in [0.15, 0.2) is 61.2 Å². The number of hydrogen-bond acceptors (Lipinski definition) is 3. The van der Waals surface area contributed by atoms with Crippen molar-refractivity contribution in [3.8, 4) is 0 Å². The molecule has 4 heteroatoms. The summed E-state index contributed by atoms with van der Waals surface area (Å²) in [6, 6.07) is 14.8. The minimum Gasteiger partial charge on any atom is -0.334 e. The van der Waals surface area contributed by atoms with Gasteiger partial charge in [-0.15, -0.1) is 0 Å². The molecule has 112 valence electrons. The van der Waals surface area contributed by atoms with Crippen molar-refractivity contribution in [1.29, 1.82) is 0 Å². The first-order valence-corrected chi connectivity index (χ1v) is 7.62. The van der Waals surface area contributed by atoms with Gasteiger partial charge in [0.15, 0.2) is 0 Å².